The Morgan fingerprint density at radius 1 is 1.07 bits per heavy atom. The molecule has 0 unspecified atom stereocenters. The van der Waals surface area contributed by atoms with Crippen molar-refractivity contribution in [3.63, 3.8) is 0 Å². The summed E-state index contributed by atoms with van der Waals surface area (Å²) in [6.45, 7) is 2.40. The average molecular weight is 397 g/mol. The van der Waals surface area contributed by atoms with Crippen LogP contribution in [0.15, 0.2) is 66.7 Å². The summed E-state index contributed by atoms with van der Waals surface area (Å²) in [5.74, 6) is 1.09. The van der Waals surface area contributed by atoms with Gasteiger partial charge in [0.05, 0.1) is 24.4 Å². The average Bonchev–Trinajstić information content (AvgIpc) is 2.77. The predicted octanol–water partition coefficient (Wildman–Crippen LogP) is 5.84. The van der Waals surface area contributed by atoms with E-state index in [-0.39, 0.29) is 5.82 Å². The van der Waals surface area contributed by atoms with Gasteiger partial charge in [0.25, 0.3) is 0 Å². The number of ether oxygens (including phenoxy) is 1. The SMILES string of the molecule is COc1ccc(CNc2nc(-c3c(C)cccc3F)cc3ccc(C#N)cc23)cc1. The van der Waals surface area contributed by atoms with Crippen molar-refractivity contribution in [1.82, 2.24) is 4.98 Å². The number of nitrogens with one attached hydrogen (secondary N) is 1. The van der Waals surface area contributed by atoms with Crippen LogP contribution in [0.3, 0.4) is 0 Å². The number of aryl methyl sites for hydroxylation is 1. The van der Waals surface area contributed by atoms with Gasteiger partial charge in [-0.25, -0.2) is 9.37 Å². The van der Waals surface area contributed by atoms with E-state index >= 15 is 0 Å². The molecule has 4 nitrogen and oxygen atoms in total. The fourth-order valence-electron chi connectivity index (χ4n) is 3.47. The van der Waals surface area contributed by atoms with Gasteiger partial charge in [-0.2, -0.15) is 5.26 Å². The minimum Gasteiger partial charge on any atom is -0.497 e. The molecule has 0 bridgehead atoms. The van der Waals surface area contributed by atoms with Crippen LogP contribution in [0.2, 0.25) is 0 Å². The van der Waals surface area contributed by atoms with E-state index in [1.807, 2.05) is 49.4 Å². The summed E-state index contributed by atoms with van der Waals surface area (Å²) in [6, 6.07) is 22.2. The molecule has 1 aromatic heterocycles. The number of halogens is 1. The number of nitrogens with zero attached hydrogens (tertiary/aromatic N) is 2. The lowest BCUT2D eigenvalue weighted by molar-refractivity contribution is 0.414. The molecule has 0 aliphatic rings. The van der Waals surface area contributed by atoms with E-state index in [4.69, 9.17) is 9.72 Å². The molecular weight excluding hydrogens is 377 g/mol. The first-order valence-corrected chi connectivity index (χ1v) is 9.56. The lowest BCUT2D eigenvalue weighted by Gasteiger charge is -2.14. The van der Waals surface area contributed by atoms with Gasteiger partial charge in [-0.15, -0.1) is 0 Å². The maximum absolute atomic E-state index is 14.6. The van der Waals surface area contributed by atoms with Crippen molar-refractivity contribution in [3.8, 4) is 23.1 Å². The molecule has 3 aromatic carbocycles. The normalized spacial score (nSPS) is 10.6. The summed E-state index contributed by atoms with van der Waals surface area (Å²) in [5, 5.41) is 14.4. The minimum absolute atomic E-state index is 0.309. The highest BCUT2D eigenvalue weighted by atomic mass is 19.1. The molecule has 0 aliphatic carbocycles. The lowest BCUT2D eigenvalue weighted by atomic mass is 10.0. The second-order valence-electron chi connectivity index (χ2n) is 7.04. The first-order valence-electron chi connectivity index (χ1n) is 9.56. The molecule has 4 aromatic rings. The Labute approximate surface area is 174 Å². The van der Waals surface area contributed by atoms with Crippen LogP contribution in [0.4, 0.5) is 10.2 Å². The van der Waals surface area contributed by atoms with Gasteiger partial charge in [-0.1, -0.05) is 30.3 Å². The van der Waals surface area contributed by atoms with Gasteiger partial charge in [0.2, 0.25) is 0 Å². The maximum atomic E-state index is 14.6. The van der Waals surface area contributed by atoms with Gasteiger partial charge in [-0.05, 0) is 59.8 Å². The zero-order valence-electron chi connectivity index (χ0n) is 16.7. The molecule has 5 heteroatoms. The van der Waals surface area contributed by atoms with E-state index in [0.717, 1.165) is 27.6 Å². The molecular formula is C25H20FN3O. The van der Waals surface area contributed by atoms with E-state index in [1.165, 1.54) is 6.07 Å². The smallest absolute Gasteiger partial charge is 0.134 e. The maximum Gasteiger partial charge on any atom is 0.134 e. The van der Waals surface area contributed by atoms with Crippen LogP contribution in [-0.2, 0) is 6.54 Å². The summed E-state index contributed by atoms with van der Waals surface area (Å²) in [4.78, 5) is 4.73. The molecule has 0 spiro atoms. The highest BCUT2D eigenvalue weighted by Gasteiger charge is 2.14. The van der Waals surface area contributed by atoms with E-state index in [1.54, 1.807) is 25.3 Å². The Kier molecular flexibility index (Phi) is 5.32. The number of aromatic nitrogens is 1. The number of hydrogen-bond donors (Lipinski definition) is 1. The van der Waals surface area contributed by atoms with Crippen LogP contribution in [0.25, 0.3) is 22.0 Å². The summed E-state index contributed by atoms with van der Waals surface area (Å²) >= 11 is 0. The molecule has 0 saturated carbocycles. The number of methoxy groups -OCH3 is 1. The molecule has 0 atom stereocenters. The van der Waals surface area contributed by atoms with Gasteiger partial charge in [0, 0.05) is 17.5 Å². The van der Waals surface area contributed by atoms with Crippen LogP contribution >= 0.6 is 0 Å². The molecule has 0 saturated heterocycles. The first kappa shape index (κ1) is 19.4. The largest absolute Gasteiger partial charge is 0.497 e. The number of rotatable bonds is 5. The second kappa shape index (κ2) is 8.22. The van der Waals surface area contributed by atoms with Crippen LogP contribution in [0.5, 0.6) is 5.75 Å². The molecule has 4 rings (SSSR count). The highest BCUT2D eigenvalue weighted by molar-refractivity contribution is 5.95. The molecule has 148 valence electrons. The molecule has 1 N–H and O–H groups in total. The third-order valence-electron chi connectivity index (χ3n) is 5.06. The molecule has 0 amide bonds. The lowest BCUT2D eigenvalue weighted by Crippen LogP contribution is -2.04. The fourth-order valence-corrected chi connectivity index (χ4v) is 3.47. The van der Waals surface area contributed by atoms with Crippen LogP contribution < -0.4 is 10.1 Å². The first-order chi connectivity index (χ1) is 14.6. The number of benzene rings is 3. The van der Waals surface area contributed by atoms with Gasteiger partial charge >= 0.3 is 0 Å². The van der Waals surface area contributed by atoms with Gasteiger partial charge < -0.3 is 10.1 Å². The van der Waals surface area contributed by atoms with E-state index in [9.17, 15) is 9.65 Å². The van der Waals surface area contributed by atoms with Crippen molar-refractivity contribution in [2.24, 2.45) is 0 Å². The zero-order chi connectivity index (χ0) is 21.1. The third-order valence-corrected chi connectivity index (χ3v) is 5.06. The summed E-state index contributed by atoms with van der Waals surface area (Å²) in [5.41, 5.74) is 3.45. The minimum atomic E-state index is -0.309. The Balaban J connectivity index is 1.79. The van der Waals surface area contributed by atoms with Crippen molar-refractivity contribution in [1.29, 1.82) is 5.26 Å². The van der Waals surface area contributed by atoms with Gasteiger partial charge in [0.1, 0.15) is 17.4 Å². The number of anilines is 1. The fraction of sp³-hybridized carbons (Fsp3) is 0.120. The summed E-state index contributed by atoms with van der Waals surface area (Å²) in [7, 11) is 1.63. The second-order valence-corrected chi connectivity index (χ2v) is 7.04. The molecule has 30 heavy (non-hydrogen) atoms. The quantitative estimate of drug-likeness (QED) is 0.459. The van der Waals surface area contributed by atoms with Crippen molar-refractivity contribution in [2.75, 3.05) is 12.4 Å². The summed E-state index contributed by atoms with van der Waals surface area (Å²) < 4.78 is 19.8. The Bertz CT molecular complexity index is 1240. The van der Waals surface area contributed by atoms with E-state index in [2.05, 4.69) is 11.4 Å². The van der Waals surface area contributed by atoms with Crippen LogP contribution in [0, 0.1) is 24.1 Å². The molecule has 0 fully saturated rings. The molecule has 0 radical (unpaired) electrons. The Morgan fingerprint density at radius 2 is 1.87 bits per heavy atom. The third kappa shape index (κ3) is 3.81. The Morgan fingerprint density at radius 3 is 2.57 bits per heavy atom. The van der Waals surface area contributed by atoms with Crippen LogP contribution in [-0.4, -0.2) is 12.1 Å². The van der Waals surface area contributed by atoms with Crippen molar-refractivity contribution in [3.05, 3.63) is 89.2 Å². The van der Waals surface area contributed by atoms with Gasteiger partial charge in [0.15, 0.2) is 0 Å². The van der Waals surface area contributed by atoms with Gasteiger partial charge in [-0.3, -0.25) is 0 Å². The topological polar surface area (TPSA) is 57.9 Å². The number of pyridine rings is 1. The standard InChI is InChI=1S/C25H20FN3O/c1-16-4-3-5-22(26)24(16)23-13-19-9-6-18(14-27)12-21(19)25(29-23)28-15-17-7-10-20(30-2)11-8-17/h3-13H,15H2,1-2H3,(H,28,29). The predicted molar refractivity (Wildman–Crippen MR) is 117 cm³/mol. The monoisotopic (exact) mass is 397 g/mol. The molecule has 0 aliphatic heterocycles. The number of hydrogen-bond acceptors (Lipinski definition) is 4. The number of nitriles is 1. The van der Waals surface area contributed by atoms with E-state index < -0.39 is 0 Å². The summed E-state index contributed by atoms with van der Waals surface area (Å²) in [6.07, 6.45) is 0. The number of fused-ring (bicyclic) bond motifs is 1. The van der Waals surface area contributed by atoms with Crippen LogP contribution in [0.1, 0.15) is 16.7 Å². The Hall–Kier alpha value is -3.91. The van der Waals surface area contributed by atoms with Crippen molar-refractivity contribution >= 4 is 16.6 Å². The van der Waals surface area contributed by atoms with Crippen molar-refractivity contribution in [2.45, 2.75) is 13.5 Å². The molecule has 1 heterocycles. The van der Waals surface area contributed by atoms with Crippen molar-refractivity contribution < 1.29 is 9.13 Å². The highest BCUT2D eigenvalue weighted by Crippen LogP contribution is 2.32. The van der Waals surface area contributed by atoms with E-state index in [0.29, 0.717) is 29.2 Å². The zero-order valence-corrected chi connectivity index (χ0v) is 16.7.